The van der Waals surface area contributed by atoms with Gasteiger partial charge in [0.1, 0.15) is 24.7 Å². The zero-order valence-corrected chi connectivity index (χ0v) is 10.9. The summed E-state index contributed by atoms with van der Waals surface area (Å²) in [6, 6.07) is 4.67. The summed E-state index contributed by atoms with van der Waals surface area (Å²) >= 11 is 0. The van der Waals surface area contributed by atoms with Gasteiger partial charge in [-0.1, -0.05) is 0 Å². The highest BCUT2D eigenvalue weighted by Gasteiger charge is 2.27. The molecule has 0 aliphatic rings. The van der Waals surface area contributed by atoms with Gasteiger partial charge in [-0.3, -0.25) is 4.79 Å². The molecule has 0 atom stereocenters. The van der Waals surface area contributed by atoms with Crippen molar-refractivity contribution in [1.82, 2.24) is 0 Å². The quantitative estimate of drug-likeness (QED) is 0.873. The summed E-state index contributed by atoms with van der Waals surface area (Å²) in [5, 5.41) is 2.39. The van der Waals surface area contributed by atoms with Gasteiger partial charge in [-0.15, -0.1) is 0 Å². The predicted molar refractivity (Wildman–Crippen MR) is 65.0 cm³/mol. The largest absolute Gasteiger partial charge is 0.497 e. The van der Waals surface area contributed by atoms with Crippen molar-refractivity contribution >= 4 is 11.6 Å². The van der Waals surface area contributed by atoms with Crippen LogP contribution in [0.2, 0.25) is 0 Å². The normalized spacial score (nSPS) is 11.1. The molecule has 1 N–H and O–H groups in total. The monoisotopic (exact) mass is 293 g/mol. The minimum atomic E-state index is -4.46. The number of carbonyl (C=O) groups is 1. The van der Waals surface area contributed by atoms with Gasteiger partial charge in [0, 0.05) is 6.07 Å². The van der Waals surface area contributed by atoms with E-state index in [9.17, 15) is 18.0 Å². The first kappa shape index (κ1) is 16.1. The van der Waals surface area contributed by atoms with E-state index >= 15 is 0 Å². The Morgan fingerprint density at radius 1 is 1.25 bits per heavy atom. The molecule has 0 unspecified atom stereocenters. The van der Waals surface area contributed by atoms with Crippen molar-refractivity contribution in [3.05, 3.63) is 18.2 Å². The van der Waals surface area contributed by atoms with E-state index in [-0.39, 0.29) is 5.69 Å². The lowest BCUT2D eigenvalue weighted by atomic mass is 10.2. The third-order valence-corrected chi connectivity index (χ3v) is 2.18. The van der Waals surface area contributed by atoms with Gasteiger partial charge < -0.3 is 19.5 Å². The number of hydrogen-bond acceptors (Lipinski definition) is 4. The van der Waals surface area contributed by atoms with Crippen molar-refractivity contribution in [2.24, 2.45) is 0 Å². The maximum Gasteiger partial charge on any atom is 0.411 e. The van der Waals surface area contributed by atoms with Gasteiger partial charge >= 0.3 is 6.18 Å². The molecule has 1 amide bonds. The number of nitrogens with one attached hydrogen (secondary N) is 1. The Kier molecular flexibility index (Phi) is 5.63. The Morgan fingerprint density at radius 3 is 2.50 bits per heavy atom. The van der Waals surface area contributed by atoms with Gasteiger partial charge in [0.25, 0.3) is 0 Å². The molecule has 112 valence electrons. The molecule has 8 heteroatoms. The average Bonchev–Trinajstić information content (AvgIpc) is 2.37. The van der Waals surface area contributed by atoms with E-state index in [0.29, 0.717) is 11.5 Å². The molecular weight excluding hydrogens is 279 g/mol. The van der Waals surface area contributed by atoms with Crippen molar-refractivity contribution in [1.29, 1.82) is 0 Å². The van der Waals surface area contributed by atoms with Crippen LogP contribution < -0.4 is 14.8 Å². The molecule has 1 rings (SSSR count). The number of methoxy groups -OCH3 is 2. The maximum absolute atomic E-state index is 11.9. The summed E-state index contributed by atoms with van der Waals surface area (Å²) < 4.78 is 49.8. The molecule has 0 fully saturated rings. The van der Waals surface area contributed by atoms with Gasteiger partial charge in [0.05, 0.1) is 19.9 Å². The van der Waals surface area contributed by atoms with Crippen molar-refractivity contribution in [2.75, 3.05) is 32.8 Å². The number of halogens is 3. The fourth-order valence-corrected chi connectivity index (χ4v) is 1.36. The summed E-state index contributed by atoms with van der Waals surface area (Å²) in [6.45, 7) is -2.18. The van der Waals surface area contributed by atoms with E-state index in [2.05, 4.69) is 10.1 Å². The summed E-state index contributed by atoms with van der Waals surface area (Å²) in [4.78, 5) is 11.5. The smallest absolute Gasteiger partial charge is 0.411 e. The van der Waals surface area contributed by atoms with Crippen LogP contribution in [0.25, 0.3) is 0 Å². The number of carbonyl (C=O) groups excluding carboxylic acids is 1. The van der Waals surface area contributed by atoms with E-state index in [1.807, 2.05) is 0 Å². The Bertz CT molecular complexity index is 463. The zero-order chi connectivity index (χ0) is 15.2. The Labute approximate surface area is 113 Å². The molecule has 5 nitrogen and oxygen atoms in total. The number of ether oxygens (including phenoxy) is 3. The Balaban J connectivity index is 2.60. The van der Waals surface area contributed by atoms with Crippen LogP contribution in [-0.2, 0) is 9.53 Å². The van der Waals surface area contributed by atoms with Crippen LogP contribution in [0.3, 0.4) is 0 Å². The van der Waals surface area contributed by atoms with Crippen LogP contribution in [0.1, 0.15) is 0 Å². The van der Waals surface area contributed by atoms with Crippen molar-refractivity contribution in [2.45, 2.75) is 6.18 Å². The first-order chi connectivity index (χ1) is 9.35. The molecular formula is C12H14F3NO4. The minimum Gasteiger partial charge on any atom is -0.497 e. The number of alkyl halides is 3. The highest BCUT2D eigenvalue weighted by Crippen LogP contribution is 2.28. The molecule has 20 heavy (non-hydrogen) atoms. The van der Waals surface area contributed by atoms with Crippen molar-refractivity contribution in [3.63, 3.8) is 0 Å². The van der Waals surface area contributed by atoms with Crippen LogP contribution in [0, 0.1) is 0 Å². The number of rotatable bonds is 6. The summed E-state index contributed by atoms with van der Waals surface area (Å²) in [7, 11) is 2.84. The molecule has 0 saturated heterocycles. The van der Waals surface area contributed by atoms with Gasteiger partial charge in [-0.2, -0.15) is 13.2 Å². The summed E-state index contributed by atoms with van der Waals surface area (Å²) in [5.41, 5.74) is 0.285. The SMILES string of the molecule is COc1ccc(OC)c(NC(=O)COCC(F)(F)F)c1. The molecule has 0 aliphatic heterocycles. The van der Waals surface area contributed by atoms with E-state index in [1.165, 1.54) is 20.3 Å². The second-order valence-electron chi connectivity index (χ2n) is 3.72. The lowest BCUT2D eigenvalue weighted by Crippen LogP contribution is -2.24. The lowest BCUT2D eigenvalue weighted by molar-refractivity contribution is -0.174. The van der Waals surface area contributed by atoms with E-state index < -0.39 is 25.3 Å². The molecule has 0 aromatic heterocycles. The second kappa shape index (κ2) is 6.99. The zero-order valence-electron chi connectivity index (χ0n) is 10.9. The van der Waals surface area contributed by atoms with Crippen LogP contribution in [0.5, 0.6) is 11.5 Å². The van der Waals surface area contributed by atoms with Gasteiger partial charge in [-0.25, -0.2) is 0 Å². The first-order valence-corrected chi connectivity index (χ1v) is 5.52. The van der Waals surface area contributed by atoms with E-state index in [0.717, 1.165) is 0 Å². The summed E-state index contributed by atoms with van der Waals surface area (Å²) in [5.74, 6) is 0.105. The molecule has 0 bridgehead atoms. The Hall–Kier alpha value is -1.96. The summed E-state index contributed by atoms with van der Waals surface area (Å²) in [6.07, 6.45) is -4.46. The third-order valence-electron chi connectivity index (χ3n) is 2.18. The van der Waals surface area contributed by atoms with Crippen molar-refractivity contribution in [3.8, 4) is 11.5 Å². The third kappa shape index (κ3) is 5.35. The predicted octanol–water partition coefficient (Wildman–Crippen LogP) is 2.22. The first-order valence-electron chi connectivity index (χ1n) is 5.52. The number of hydrogen-bond donors (Lipinski definition) is 1. The Morgan fingerprint density at radius 2 is 1.95 bits per heavy atom. The lowest BCUT2D eigenvalue weighted by Gasteiger charge is -2.12. The van der Waals surface area contributed by atoms with Crippen LogP contribution in [0.15, 0.2) is 18.2 Å². The molecule has 1 aromatic carbocycles. The topological polar surface area (TPSA) is 56.8 Å². The average molecular weight is 293 g/mol. The number of amides is 1. The highest BCUT2D eigenvalue weighted by molar-refractivity contribution is 5.93. The highest BCUT2D eigenvalue weighted by atomic mass is 19.4. The van der Waals surface area contributed by atoms with Gasteiger partial charge in [0.2, 0.25) is 5.91 Å². The fourth-order valence-electron chi connectivity index (χ4n) is 1.36. The standard InChI is InChI=1S/C12H14F3NO4/c1-18-8-3-4-10(19-2)9(5-8)16-11(17)6-20-7-12(13,14)15/h3-5H,6-7H2,1-2H3,(H,16,17). The van der Waals surface area contributed by atoms with Crippen molar-refractivity contribution < 1.29 is 32.2 Å². The molecule has 0 radical (unpaired) electrons. The number of benzene rings is 1. The van der Waals surface area contributed by atoms with Crippen LogP contribution in [0.4, 0.5) is 18.9 Å². The molecule has 0 saturated carbocycles. The van der Waals surface area contributed by atoms with E-state index in [4.69, 9.17) is 9.47 Å². The maximum atomic E-state index is 11.9. The van der Waals surface area contributed by atoms with Gasteiger partial charge in [-0.05, 0) is 12.1 Å². The van der Waals surface area contributed by atoms with Crippen LogP contribution in [-0.4, -0.2) is 39.5 Å². The molecule has 0 heterocycles. The van der Waals surface area contributed by atoms with E-state index in [1.54, 1.807) is 12.1 Å². The molecule has 0 aliphatic carbocycles. The number of anilines is 1. The second-order valence-corrected chi connectivity index (χ2v) is 3.72. The van der Waals surface area contributed by atoms with Crippen LogP contribution >= 0.6 is 0 Å². The fraction of sp³-hybridized carbons (Fsp3) is 0.417. The minimum absolute atomic E-state index is 0.285. The molecule has 0 spiro atoms. The molecule has 1 aromatic rings. The van der Waals surface area contributed by atoms with Gasteiger partial charge in [0.15, 0.2) is 0 Å².